The lowest BCUT2D eigenvalue weighted by atomic mass is 9.78. The molecule has 0 saturated carbocycles. The molecule has 5 aromatic carbocycles. The van der Waals surface area contributed by atoms with Crippen LogP contribution in [0.25, 0.3) is 17.1 Å². The fourth-order valence-corrected chi connectivity index (χ4v) is 10.1. The third-order valence-corrected chi connectivity index (χ3v) is 13.0. The number of rotatable bonds is 9. The molecule has 0 spiro atoms. The highest BCUT2D eigenvalue weighted by atomic mass is 15.4. The summed E-state index contributed by atoms with van der Waals surface area (Å²) in [4.78, 5) is 15.4. The molecule has 1 saturated heterocycles. The summed E-state index contributed by atoms with van der Waals surface area (Å²) < 4.78 is 0. The van der Waals surface area contributed by atoms with Gasteiger partial charge >= 0.3 is 0 Å². The van der Waals surface area contributed by atoms with E-state index < -0.39 is 0 Å². The number of hydrogen-bond acceptors (Lipinski definition) is 6. The molecular formula is C54H50N6-2. The third kappa shape index (κ3) is 6.62. The zero-order chi connectivity index (χ0) is 39.8. The van der Waals surface area contributed by atoms with Crippen molar-refractivity contribution in [3.63, 3.8) is 0 Å². The summed E-state index contributed by atoms with van der Waals surface area (Å²) in [7, 11) is 0. The third-order valence-electron chi connectivity index (χ3n) is 13.0. The molecule has 1 aliphatic carbocycles. The van der Waals surface area contributed by atoms with Gasteiger partial charge < -0.3 is 29.4 Å². The average Bonchev–Trinajstić information content (AvgIpc) is 4.06. The first-order valence-corrected chi connectivity index (χ1v) is 21.6. The Bertz CT molecular complexity index is 2490. The number of hydrogen-bond donors (Lipinski definition) is 0. The Balaban J connectivity index is 0.934. The largest absolute Gasteiger partial charge is 0.402 e. The highest BCUT2D eigenvalue weighted by Gasteiger charge is 2.41. The highest BCUT2D eigenvalue weighted by molar-refractivity contribution is 5.83. The van der Waals surface area contributed by atoms with Crippen LogP contribution < -0.4 is 9.80 Å². The maximum absolute atomic E-state index is 2.67. The van der Waals surface area contributed by atoms with Gasteiger partial charge in [-0.05, 0) is 59.7 Å². The fourth-order valence-electron chi connectivity index (χ4n) is 10.1. The molecule has 0 aromatic heterocycles. The number of fused-ring (bicyclic) bond motifs is 2. The molecule has 5 heterocycles. The number of para-hydroxylation sites is 2. The number of anilines is 2. The highest BCUT2D eigenvalue weighted by Crippen LogP contribution is 2.54. The van der Waals surface area contributed by atoms with E-state index in [0.717, 1.165) is 45.7 Å². The van der Waals surface area contributed by atoms with Gasteiger partial charge in [0.1, 0.15) is 0 Å². The van der Waals surface area contributed by atoms with Gasteiger partial charge in [0.05, 0.1) is 30.4 Å². The first-order valence-electron chi connectivity index (χ1n) is 21.6. The molecule has 0 N–H and O–H groups in total. The van der Waals surface area contributed by atoms with Crippen LogP contribution in [0, 0.1) is 17.9 Å². The summed E-state index contributed by atoms with van der Waals surface area (Å²) >= 11 is 0. The second-order valence-corrected chi connectivity index (χ2v) is 16.6. The van der Waals surface area contributed by atoms with Crippen molar-refractivity contribution in [1.29, 1.82) is 0 Å². The summed E-state index contributed by atoms with van der Waals surface area (Å²) in [5, 5.41) is 0. The minimum atomic E-state index is 0.125. The predicted molar refractivity (Wildman–Crippen MR) is 245 cm³/mol. The van der Waals surface area contributed by atoms with Gasteiger partial charge in [-0.1, -0.05) is 134 Å². The molecule has 298 valence electrons. The second kappa shape index (κ2) is 15.7. The van der Waals surface area contributed by atoms with E-state index in [1.807, 2.05) is 0 Å². The first-order chi connectivity index (χ1) is 29.8. The quantitative estimate of drug-likeness (QED) is 0.138. The summed E-state index contributed by atoms with van der Waals surface area (Å²) in [5.74, 6) is 2.11. The van der Waals surface area contributed by atoms with E-state index in [4.69, 9.17) is 0 Å². The van der Waals surface area contributed by atoms with E-state index in [-0.39, 0.29) is 6.17 Å². The van der Waals surface area contributed by atoms with Crippen molar-refractivity contribution in [3.05, 3.63) is 234 Å². The lowest BCUT2D eigenvalue weighted by Crippen LogP contribution is -2.53. The second-order valence-electron chi connectivity index (χ2n) is 16.6. The molecule has 2 unspecified atom stereocenters. The number of benzene rings is 5. The molecule has 1 fully saturated rings. The minimum absolute atomic E-state index is 0.125. The van der Waals surface area contributed by atoms with Gasteiger partial charge in [-0.25, -0.2) is 6.08 Å². The molecule has 5 aliphatic heterocycles. The van der Waals surface area contributed by atoms with Crippen molar-refractivity contribution in [2.75, 3.05) is 36.2 Å². The Labute approximate surface area is 355 Å². The van der Waals surface area contributed by atoms with Crippen molar-refractivity contribution in [2.45, 2.75) is 31.8 Å². The van der Waals surface area contributed by atoms with E-state index in [1.54, 1.807) is 0 Å². The van der Waals surface area contributed by atoms with Crippen molar-refractivity contribution in [3.8, 4) is 0 Å². The molecule has 60 heavy (non-hydrogen) atoms. The van der Waals surface area contributed by atoms with Crippen LogP contribution in [0.4, 0.5) is 11.4 Å². The average molecular weight is 783 g/mol. The number of allylic oxidation sites excluding steroid dienone is 2. The molecule has 0 bridgehead atoms. The van der Waals surface area contributed by atoms with Gasteiger partial charge in [-0.15, -0.1) is 24.6 Å². The van der Waals surface area contributed by atoms with Crippen molar-refractivity contribution in [1.82, 2.24) is 19.6 Å². The minimum Gasteiger partial charge on any atom is -0.402 e. The van der Waals surface area contributed by atoms with Gasteiger partial charge in [0.2, 0.25) is 0 Å². The Kier molecular flexibility index (Phi) is 9.46. The molecule has 0 radical (unpaired) electrons. The maximum Gasteiger partial charge on any atom is 0.0948 e. The molecular weight excluding hydrogens is 733 g/mol. The van der Waals surface area contributed by atoms with Crippen LogP contribution >= 0.6 is 0 Å². The molecule has 6 nitrogen and oxygen atoms in total. The van der Waals surface area contributed by atoms with E-state index >= 15 is 0 Å². The number of nitrogens with zero attached hydrogens (tertiary/aromatic N) is 6. The smallest absolute Gasteiger partial charge is 0.0948 e. The van der Waals surface area contributed by atoms with E-state index in [0.29, 0.717) is 5.92 Å². The summed E-state index contributed by atoms with van der Waals surface area (Å²) in [6.07, 6.45) is 21.1. The summed E-state index contributed by atoms with van der Waals surface area (Å²) in [6.45, 7) is 3.66. The molecule has 0 amide bonds. The lowest BCUT2D eigenvalue weighted by Gasteiger charge is -2.63. The van der Waals surface area contributed by atoms with E-state index in [9.17, 15) is 0 Å². The van der Waals surface area contributed by atoms with Crippen LogP contribution in [0.15, 0.2) is 206 Å². The Morgan fingerprint density at radius 1 is 0.550 bits per heavy atom. The van der Waals surface area contributed by atoms with E-state index in [1.165, 1.54) is 74.8 Å². The molecule has 6 heteroatoms. The zero-order valence-corrected chi connectivity index (χ0v) is 34.0. The molecule has 11 rings (SSSR count). The van der Waals surface area contributed by atoms with Gasteiger partial charge in [-0.3, -0.25) is 5.57 Å². The zero-order valence-electron chi connectivity index (χ0n) is 34.0. The standard InChI is InChI=1S/C54H50N6/c1-6-18-42(19-7-1)50-36-55(39-58(50)45-24-12-4-13-25-45)34-32-41-30-31-48-53(57-37-51(43-20-8-2-9-21-43)59(40-57)46-26-14-5-15-27-46)47-28-16-17-29-49(47)60-52(44-22-10-3-11-23-44)38-56(35-33-41)54(48)60/h1-29,36-38,41,54H,30-35,39-40H2/q-2. The Morgan fingerprint density at radius 2 is 1.12 bits per heavy atom. The van der Waals surface area contributed by atoms with Crippen LogP contribution in [0.1, 0.15) is 42.4 Å². The molecule has 2 atom stereocenters. The van der Waals surface area contributed by atoms with Gasteiger partial charge in [0.25, 0.3) is 0 Å². The topological polar surface area (TPSA) is 19.4 Å². The van der Waals surface area contributed by atoms with Crippen molar-refractivity contribution in [2.24, 2.45) is 5.92 Å². The van der Waals surface area contributed by atoms with Gasteiger partial charge in [0.15, 0.2) is 0 Å². The SMILES string of the molecule is C1=CC2=C(N3C=C(c4ccccc4)N(c4ccccc4)C3)[C-]3CCC(CCN4C=C(c5ccccc5)N(c5ccccc5)C4)CCN4C=C(c5ccccc5)N([C-]2C=C1)C34. The first kappa shape index (κ1) is 36.2. The maximum atomic E-state index is 2.67. The Morgan fingerprint density at radius 3 is 1.75 bits per heavy atom. The predicted octanol–water partition coefficient (Wildman–Crippen LogP) is 11.2. The summed E-state index contributed by atoms with van der Waals surface area (Å²) in [5.41, 5.74) is 12.6. The van der Waals surface area contributed by atoms with Crippen LogP contribution in [-0.2, 0) is 0 Å². The van der Waals surface area contributed by atoms with Crippen molar-refractivity contribution < 1.29 is 0 Å². The van der Waals surface area contributed by atoms with Crippen LogP contribution in [0.5, 0.6) is 0 Å². The van der Waals surface area contributed by atoms with Crippen LogP contribution in [0.2, 0.25) is 0 Å². The monoisotopic (exact) mass is 782 g/mol. The van der Waals surface area contributed by atoms with Crippen LogP contribution in [-0.4, -0.2) is 52.2 Å². The Hall–Kier alpha value is -6.92. The normalized spacial score (nSPS) is 20.9. The van der Waals surface area contributed by atoms with Gasteiger partial charge in [-0.2, -0.15) is 17.7 Å². The van der Waals surface area contributed by atoms with Gasteiger partial charge in [0, 0.05) is 49.2 Å². The molecule has 6 aliphatic rings. The lowest BCUT2D eigenvalue weighted by molar-refractivity contribution is 0.140. The summed E-state index contributed by atoms with van der Waals surface area (Å²) in [6, 6.07) is 55.8. The van der Waals surface area contributed by atoms with Crippen molar-refractivity contribution >= 4 is 28.5 Å². The van der Waals surface area contributed by atoms with E-state index in [2.05, 4.69) is 224 Å². The molecule has 5 aromatic rings. The van der Waals surface area contributed by atoms with Crippen LogP contribution in [0.3, 0.4) is 0 Å². The fraction of sp³-hybridized carbons (Fsp3) is 0.185.